The van der Waals surface area contributed by atoms with Gasteiger partial charge in [0.25, 0.3) is 5.91 Å². The lowest BCUT2D eigenvalue weighted by Crippen LogP contribution is -2.30. The van der Waals surface area contributed by atoms with Gasteiger partial charge in [0.15, 0.2) is 5.13 Å². The minimum absolute atomic E-state index is 0. The fourth-order valence-corrected chi connectivity index (χ4v) is 4.21. The highest BCUT2D eigenvalue weighted by atomic mass is 35.5. The molecule has 5 nitrogen and oxygen atoms in total. The van der Waals surface area contributed by atoms with Gasteiger partial charge in [-0.2, -0.15) is 0 Å². The molecule has 0 aliphatic carbocycles. The Hall–Kier alpha value is -2.74. The number of halogens is 3. The van der Waals surface area contributed by atoms with E-state index in [2.05, 4.69) is 9.97 Å². The SMILES string of the molecule is Cl.O=C(/C=C/c1ccccc1Cl)N(CCCn1ccnc1)c1nc2ccc(F)cc2s1. The average molecular weight is 477 g/mol. The normalized spacial score (nSPS) is 11.0. The number of hydrogen-bond acceptors (Lipinski definition) is 4. The fraction of sp³-hybridized carbons (Fsp3) is 0.136. The zero-order chi connectivity index (χ0) is 20.9. The van der Waals surface area contributed by atoms with Crippen molar-refractivity contribution in [2.75, 3.05) is 11.4 Å². The number of thiazole rings is 1. The molecule has 0 bridgehead atoms. The quantitative estimate of drug-likeness (QED) is 0.314. The summed E-state index contributed by atoms with van der Waals surface area (Å²) in [5.74, 6) is -0.533. The third-order valence-corrected chi connectivity index (χ3v) is 5.89. The second-order valence-corrected chi connectivity index (χ2v) is 8.02. The van der Waals surface area contributed by atoms with Gasteiger partial charge in [-0.05, 0) is 42.3 Å². The summed E-state index contributed by atoms with van der Waals surface area (Å²) in [5, 5.41) is 1.11. The van der Waals surface area contributed by atoms with Gasteiger partial charge in [-0.15, -0.1) is 12.4 Å². The van der Waals surface area contributed by atoms with E-state index in [1.807, 2.05) is 29.0 Å². The topological polar surface area (TPSA) is 51.0 Å². The number of imidazole rings is 1. The maximum atomic E-state index is 13.6. The van der Waals surface area contributed by atoms with Crippen molar-refractivity contribution >= 4 is 62.7 Å². The van der Waals surface area contributed by atoms with Crippen molar-refractivity contribution in [1.29, 1.82) is 0 Å². The van der Waals surface area contributed by atoms with Gasteiger partial charge in [0.05, 0.1) is 16.5 Å². The van der Waals surface area contributed by atoms with E-state index in [1.165, 1.54) is 29.5 Å². The molecule has 0 unspecified atom stereocenters. The monoisotopic (exact) mass is 476 g/mol. The second-order valence-electron chi connectivity index (χ2n) is 6.61. The molecule has 0 radical (unpaired) electrons. The predicted octanol–water partition coefficient (Wildman–Crippen LogP) is 5.84. The van der Waals surface area contributed by atoms with Gasteiger partial charge in [0.2, 0.25) is 0 Å². The van der Waals surface area contributed by atoms with E-state index in [0.29, 0.717) is 33.3 Å². The Morgan fingerprint density at radius 2 is 2.10 bits per heavy atom. The van der Waals surface area contributed by atoms with Gasteiger partial charge in [0.1, 0.15) is 5.82 Å². The van der Waals surface area contributed by atoms with Crippen LogP contribution >= 0.6 is 35.3 Å². The van der Waals surface area contributed by atoms with Crippen LogP contribution < -0.4 is 4.90 Å². The summed E-state index contributed by atoms with van der Waals surface area (Å²) in [6.45, 7) is 1.18. The largest absolute Gasteiger partial charge is 0.337 e. The molecule has 2 aromatic carbocycles. The molecule has 0 N–H and O–H groups in total. The number of aromatic nitrogens is 3. The first-order valence-electron chi connectivity index (χ1n) is 9.36. The average Bonchev–Trinajstić information content (AvgIpc) is 3.39. The summed E-state index contributed by atoms with van der Waals surface area (Å²) < 4.78 is 16.2. The van der Waals surface area contributed by atoms with Crippen LogP contribution in [-0.4, -0.2) is 27.0 Å². The van der Waals surface area contributed by atoms with Gasteiger partial charge in [0, 0.05) is 36.6 Å². The Bertz CT molecular complexity index is 1190. The first-order valence-corrected chi connectivity index (χ1v) is 10.6. The summed E-state index contributed by atoms with van der Waals surface area (Å²) in [6, 6.07) is 11.7. The van der Waals surface area contributed by atoms with Crippen LogP contribution in [0.25, 0.3) is 16.3 Å². The molecule has 0 fully saturated rings. The number of carbonyl (C=O) groups excluding carboxylic acids is 1. The molecule has 2 heterocycles. The fourth-order valence-electron chi connectivity index (χ4n) is 2.99. The van der Waals surface area contributed by atoms with E-state index in [0.717, 1.165) is 12.1 Å². The Morgan fingerprint density at radius 3 is 2.87 bits per heavy atom. The lowest BCUT2D eigenvalue weighted by Gasteiger charge is -2.18. The first-order chi connectivity index (χ1) is 14.6. The smallest absolute Gasteiger partial charge is 0.252 e. The minimum atomic E-state index is -0.325. The first kappa shape index (κ1) is 22.9. The maximum Gasteiger partial charge on any atom is 0.252 e. The van der Waals surface area contributed by atoms with E-state index >= 15 is 0 Å². The van der Waals surface area contributed by atoms with Crippen molar-refractivity contribution in [3.8, 4) is 0 Å². The molecule has 4 rings (SSSR count). The van der Waals surface area contributed by atoms with Crippen molar-refractivity contribution in [3.05, 3.63) is 83.7 Å². The molecule has 0 aliphatic heterocycles. The molecule has 0 saturated heterocycles. The van der Waals surface area contributed by atoms with Crippen LogP contribution in [0.3, 0.4) is 0 Å². The van der Waals surface area contributed by atoms with Crippen LogP contribution in [0.5, 0.6) is 0 Å². The summed E-state index contributed by atoms with van der Waals surface area (Å²) in [6.07, 6.45) is 9.24. The van der Waals surface area contributed by atoms with Crippen molar-refractivity contribution in [2.45, 2.75) is 13.0 Å². The second kappa shape index (κ2) is 10.5. The Morgan fingerprint density at radius 1 is 1.26 bits per heavy atom. The number of benzene rings is 2. The van der Waals surface area contributed by atoms with Gasteiger partial charge >= 0.3 is 0 Å². The molecule has 9 heteroatoms. The lowest BCUT2D eigenvalue weighted by atomic mass is 10.2. The number of rotatable bonds is 7. The van der Waals surface area contributed by atoms with Crippen molar-refractivity contribution < 1.29 is 9.18 Å². The van der Waals surface area contributed by atoms with Crippen molar-refractivity contribution in [1.82, 2.24) is 14.5 Å². The van der Waals surface area contributed by atoms with Gasteiger partial charge in [-0.3, -0.25) is 9.69 Å². The Labute approximate surface area is 194 Å². The van der Waals surface area contributed by atoms with E-state index in [9.17, 15) is 9.18 Å². The molecule has 1 amide bonds. The number of anilines is 1. The number of nitrogens with zero attached hydrogens (tertiary/aromatic N) is 4. The van der Waals surface area contributed by atoms with Crippen molar-refractivity contribution in [2.24, 2.45) is 0 Å². The molecule has 0 spiro atoms. The molecule has 0 aliphatic rings. The summed E-state index contributed by atoms with van der Waals surface area (Å²) >= 11 is 7.48. The standard InChI is InChI=1S/C22H18ClFN4OS.ClH/c23-18-5-2-1-4-16(18)6-9-21(29)28(12-3-11-27-13-10-25-15-27)22-26-19-8-7-17(24)14-20(19)30-22;/h1-2,4-10,13-15H,3,11-12H2;1H/b9-6+;. The summed E-state index contributed by atoms with van der Waals surface area (Å²) in [5.41, 5.74) is 1.43. The number of fused-ring (bicyclic) bond motifs is 1. The van der Waals surface area contributed by atoms with Crippen LogP contribution in [-0.2, 0) is 11.3 Å². The van der Waals surface area contributed by atoms with Gasteiger partial charge in [-0.25, -0.2) is 14.4 Å². The van der Waals surface area contributed by atoms with Crippen LogP contribution in [0, 0.1) is 5.82 Å². The van der Waals surface area contributed by atoms with E-state index in [1.54, 1.807) is 35.6 Å². The van der Waals surface area contributed by atoms with Gasteiger partial charge < -0.3 is 4.57 Å². The number of carbonyl (C=O) groups is 1. The summed E-state index contributed by atoms with van der Waals surface area (Å²) in [4.78, 5) is 23.2. The van der Waals surface area contributed by atoms with E-state index in [-0.39, 0.29) is 24.1 Å². The Balaban J connectivity index is 0.00000272. The molecule has 160 valence electrons. The number of aryl methyl sites for hydroxylation is 1. The lowest BCUT2D eigenvalue weighted by molar-refractivity contribution is -0.114. The maximum absolute atomic E-state index is 13.6. The minimum Gasteiger partial charge on any atom is -0.337 e. The summed E-state index contributed by atoms with van der Waals surface area (Å²) in [7, 11) is 0. The van der Waals surface area contributed by atoms with Gasteiger partial charge in [-0.1, -0.05) is 41.1 Å². The van der Waals surface area contributed by atoms with Crippen LogP contribution in [0.1, 0.15) is 12.0 Å². The number of amides is 1. The predicted molar refractivity (Wildman–Crippen MR) is 127 cm³/mol. The van der Waals surface area contributed by atoms with Crippen LogP contribution in [0.2, 0.25) is 5.02 Å². The van der Waals surface area contributed by atoms with Crippen molar-refractivity contribution in [3.63, 3.8) is 0 Å². The molecular formula is C22H19Cl2FN4OS. The van der Waals surface area contributed by atoms with Crippen LogP contribution in [0.4, 0.5) is 9.52 Å². The molecule has 0 atom stereocenters. The molecular weight excluding hydrogens is 458 g/mol. The molecule has 2 aromatic heterocycles. The third-order valence-electron chi connectivity index (χ3n) is 4.50. The van der Waals surface area contributed by atoms with E-state index in [4.69, 9.17) is 11.6 Å². The Kier molecular flexibility index (Phi) is 7.79. The zero-order valence-corrected chi connectivity index (χ0v) is 18.7. The van der Waals surface area contributed by atoms with E-state index < -0.39 is 0 Å². The highest BCUT2D eigenvalue weighted by Gasteiger charge is 2.18. The highest BCUT2D eigenvalue weighted by molar-refractivity contribution is 7.22. The molecule has 31 heavy (non-hydrogen) atoms. The zero-order valence-electron chi connectivity index (χ0n) is 16.3. The van der Waals surface area contributed by atoms with Crippen LogP contribution in [0.15, 0.2) is 67.3 Å². The number of hydrogen-bond donors (Lipinski definition) is 0. The third kappa shape index (κ3) is 5.70. The molecule has 0 saturated carbocycles. The highest BCUT2D eigenvalue weighted by Crippen LogP contribution is 2.30. The molecule has 4 aromatic rings.